The minimum Gasteiger partial charge on any atom is -0.346 e. The van der Waals surface area contributed by atoms with Crippen LogP contribution in [-0.2, 0) is 6.54 Å². The Morgan fingerprint density at radius 2 is 1.62 bits per heavy atom. The Morgan fingerprint density at radius 3 is 2.54 bits per heavy atom. The van der Waals surface area contributed by atoms with Crippen molar-refractivity contribution in [2.75, 3.05) is 19.6 Å². The van der Waals surface area contributed by atoms with Gasteiger partial charge in [-0.15, -0.1) is 0 Å². The highest BCUT2D eigenvalue weighted by atomic mass is 15.2. The molecule has 0 aliphatic carbocycles. The van der Waals surface area contributed by atoms with E-state index in [1.165, 1.54) is 53.3 Å². The van der Waals surface area contributed by atoms with Crippen molar-refractivity contribution in [3.8, 4) is 11.1 Å². The van der Waals surface area contributed by atoms with Crippen molar-refractivity contribution in [1.29, 1.82) is 0 Å². The molecule has 0 saturated carbocycles. The quantitative estimate of drug-likeness (QED) is 0.523. The van der Waals surface area contributed by atoms with E-state index in [0.717, 1.165) is 18.6 Å². The van der Waals surface area contributed by atoms with Crippen LogP contribution in [0.3, 0.4) is 0 Å². The lowest BCUT2D eigenvalue weighted by Crippen LogP contribution is -2.23. The molecular weight excluding hydrogens is 318 g/mol. The molecule has 2 aromatic heterocycles. The highest BCUT2D eigenvalue weighted by Gasteiger charge is 2.13. The third-order valence-corrected chi connectivity index (χ3v) is 5.61. The predicted molar refractivity (Wildman–Crippen MR) is 108 cm³/mol. The molecule has 0 unspecified atom stereocenters. The van der Waals surface area contributed by atoms with Crippen molar-refractivity contribution in [2.24, 2.45) is 0 Å². The zero-order chi connectivity index (χ0) is 17.3. The molecule has 1 fully saturated rings. The molecule has 5 rings (SSSR count). The summed E-state index contributed by atoms with van der Waals surface area (Å²) in [4.78, 5) is 7.09. The molecule has 1 aliphatic heterocycles. The topological polar surface area (TPSA) is 21.1 Å². The smallest absolute Gasteiger partial charge is 0.0708 e. The number of benzene rings is 2. The third-order valence-electron chi connectivity index (χ3n) is 5.61. The van der Waals surface area contributed by atoms with Gasteiger partial charge in [-0.1, -0.05) is 30.3 Å². The molecule has 0 bridgehead atoms. The first kappa shape index (κ1) is 15.6. The molecule has 1 aliphatic rings. The van der Waals surface area contributed by atoms with Crippen LogP contribution in [0.15, 0.2) is 67.0 Å². The van der Waals surface area contributed by atoms with Crippen molar-refractivity contribution in [2.45, 2.75) is 19.4 Å². The summed E-state index contributed by atoms with van der Waals surface area (Å²) in [7, 11) is 0. The van der Waals surface area contributed by atoms with Gasteiger partial charge in [0.2, 0.25) is 0 Å². The molecule has 0 spiro atoms. The van der Waals surface area contributed by atoms with Gasteiger partial charge in [0.15, 0.2) is 0 Å². The number of para-hydroxylation sites is 1. The first-order valence-corrected chi connectivity index (χ1v) is 9.54. The van der Waals surface area contributed by atoms with E-state index in [4.69, 9.17) is 0 Å². The Bertz CT molecular complexity index is 1050. The third kappa shape index (κ3) is 2.69. The molecule has 26 heavy (non-hydrogen) atoms. The van der Waals surface area contributed by atoms with E-state index in [2.05, 4.69) is 75.2 Å². The summed E-state index contributed by atoms with van der Waals surface area (Å²) in [6.07, 6.45) is 6.87. The van der Waals surface area contributed by atoms with Gasteiger partial charge < -0.3 is 9.47 Å². The SMILES string of the molecule is c1ccc2c(-c3cccc4c3ccn4CCN3CCCC3)ccnc2c1. The van der Waals surface area contributed by atoms with E-state index in [1.54, 1.807) is 0 Å². The fourth-order valence-corrected chi connectivity index (χ4v) is 4.24. The van der Waals surface area contributed by atoms with Crippen molar-refractivity contribution in [3.63, 3.8) is 0 Å². The first-order chi connectivity index (χ1) is 12.9. The second-order valence-electron chi connectivity index (χ2n) is 7.17. The molecule has 4 aromatic rings. The standard InChI is InChI=1S/C23H23N3/c1-2-8-22-20(6-1)19(10-12-24-22)18-7-5-9-23-21(18)11-15-26(23)17-16-25-13-3-4-14-25/h1-2,5-12,15H,3-4,13-14,16-17H2. The van der Waals surface area contributed by atoms with E-state index in [1.807, 2.05) is 6.20 Å². The first-order valence-electron chi connectivity index (χ1n) is 9.54. The summed E-state index contributed by atoms with van der Waals surface area (Å²) >= 11 is 0. The van der Waals surface area contributed by atoms with Gasteiger partial charge in [0.05, 0.1) is 5.52 Å². The summed E-state index contributed by atoms with van der Waals surface area (Å²) in [6.45, 7) is 4.72. The Balaban J connectivity index is 1.56. The lowest BCUT2D eigenvalue weighted by atomic mass is 9.98. The van der Waals surface area contributed by atoms with Gasteiger partial charge in [-0.25, -0.2) is 0 Å². The highest BCUT2D eigenvalue weighted by molar-refractivity contribution is 6.03. The van der Waals surface area contributed by atoms with Crippen molar-refractivity contribution < 1.29 is 0 Å². The monoisotopic (exact) mass is 341 g/mol. The van der Waals surface area contributed by atoms with Crippen LogP contribution >= 0.6 is 0 Å². The second-order valence-corrected chi connectivity index (χ2v) is 7.17. The summed E-state index contributed by atoms with van der Waals surface area (Å²) in [5.74, 6) is 0. The summed E-state index contributed by atoms with van der Waals surface area (Å²) in [6, 6.07) is 19.5. The Kier molecular flexibility index (Phi) is 3.95. The molecule has 3 nitrogen and oxygen atoms in total. The zero-order valence-corrected chi connectivity index (χ0v) is 14.9. The van der Waals surface area contributed by atoms with Crippen LogP contribution < -0.4 is 0 Å². The van der Waals surface area contributed by atoms with Gasteiger partial charge in [-0.3, -0.25) is 4.98 Å². The summed E-state index contributed by atoms with van der Waals surface area (Å²) in [5, 5.41) is 2.54. The maximum absolute atomic E-state index is 4.52. The van der Waals surface area contributed by atoms with Crippen LogP contribution in [0.25, 0.3) is 32.9 Å². The molecule has 3 heterocycles. The molecule has 0 amide bonds. The molecule has 2 aromatic carbocycles. The molecule has 130 valence electrons. The number of rotatable bonds is 4. The Hall–Kier alpha value is -2.65. The molecule has 1 saturated heterocycles. The number of aromatic nitrogens is 2. The van der Waals surface area contributed by atoms with Gasteiger partial charge in [-0.2, -0.15) is 0 Å². The predicted octanol–water partition coefficient (Wildman–Crippen LogP) is 4.95. The Morgan fingerprint density at radius 1 is 0.769 bits per heavy atom. The summed E-state index contributed by atoms with van der Waals surface area (Å²) < 4.78 is 2.40. The van der Waals surface area contributed by atoms with Crippen LogP contribution in [0.4, 0.5) is 0 Å². The number of likely N-dealkylation sites (tertiary alicyclic amines) is 1. The van der Waals surface area contributed by atoms with Crippen molar-refractivity contribution in [1.82, 2.24) is 14.5 Å². The minimum absolute atomic E-state index is 1.05. The molecule has 0 radical (unpaired) electrons. The van der Waals surface area contributed by atoms with Gasteiger partial charge in [0.25, 0.3) is 0 Å². The zero-order valence-electron chi connectivity index (χ0n) is 14.9. The lowest BCUT2D eigenvalue weighted by molar-refractivity contribution is 0.324. The van der Waals surface area contributed by atoms with Crippen LogP contribution in [0, 0.1) is 0 Å². The maximum atomic E-state index is 4.52. The lowest BCUT2D eigenvalue weighted by Gasteiger charge is -2.15. The second kappa shape index (κ2) is 6.58. The van der Waals surface area contributed by atoms with Gasteiger partial charge in [0.1, 0.15) is 0 Å². The van der Waals surface area contributed by atoms with E-state index >= 15 is 0 Å². The van der Waals surface area contributed by atoms with E-state index in [0.29, 0.717) is 0 Å². The van der Waals surface area contributed by atoms with E-state index in [-0.39, 0.29) is 0 Å². The normalized spacial score (nSPS) is 15.2. The number of pyridine rings is 1. The van der Waals surface area contributed by atoms with Crippen LogP contribution in [-0.4, -0.2) is 34.1 Å². The fraction of sp³-hybridized carbons (Fsp3) is 0.261. The molecule has 0 N–H and O–H groups in total. The van der Waals surface area contributed by atoms with Crippen molar-refractivity contribution >= 4 is 21.8 Å². The van der Waals surface area contributed by atoms with E-state index in [9.17, 15) is 0 Å². The van der Waals surface area contributed by atoms with Gasteiger partial charge in [0, 0.05) is 41.8 Å². The largest absolute Gasteiger partial charge is 0.346 e. The van der Waals surface area contributed by atoms with Crippen LogP contribution in [0.5, 0.6) is 0 Å². The minimum atomic E-state index is 1.05. The molecule has 0 atom stereocenters. The fourth-order valence-electron chi connectivity index (χ4n) is 4.24. The number of fused-ring (bicyclic) bond motifs is 2. The van der Waals surface area contributed by atoms with E-state index < -0.39 is 0 Å². The maximum Gasteiger partial charge on any atom is 0.0708 e. The van der Waals surface area contributed by atoms with Crippen LogP contribution in [0.1, 0.15) is 12.8 Å². The highest BCUT2D eigenvalue weighted by Crippen LogP contribution is 2.33. The van der Waals surface area contributed by atoms with Crippen molar-refractivity contribution in [3.05, 3.63) is 67.0 Å². The molecular formula is C23H23N3. The summed E-state index contributed by atoms with van der Waals surface area (Å²) in [5.41, 5.74) is 4.93. The molecule has 3 heteroatoms. The Labute approximate surface area is 153 Å². The average molecular weight is 341 g/mol. The number of hydrogen-bond acceptors (Lipinski definition) is 2. The number of nitrogens with zero attached hydrogens (tertiary/aromatic N) is 3. The van der Waals surface area contributed by atoms with Gasteiger partial charge in [-0.05, 0) is 61.3 Å². The van der Waals surface area contributed by atoms with Gasteiger partial charge >= 0.3 is 0 Å². The van der Waals surface area contributed by atoms with Crippen LogP contribution in [0.2, 0.25) is 0 Å². The number of hydrogen-bond donors (Lipinski definition) is 0. The average Bonchev–Trinajstić information content (AvgIpc) is 3.35.